The third kappa shape index (κ3) is 9.43. The first-order valence-corrected chi connectivity index (χ1v) is 19.1. The number of hydrogen-bond acceptors (Lipinski definition) is 10. The van der Waals surface area contributed by atoms with Gasteiger partial charge in [-0.25, -0.2) is 9.59 Å². The third-order valence-corrected chi connectivity index (χ3v) is 10.6. The maximum atomic E-state index is 13.2. The van der Waals surface area contributed by atoms with Crippen LogP contribution in [-0.4, -0.2) is 121 Å². The Labute approximate surface area is 339 Å². The zero-order valence-corrected chi connectivity index (χ0v) is 32.2. The van der Waals surface area contributed by atoms with Gasteiger partial charge in [0.15, 0.2) is 11.6 Å². The lowest BCUT2D eigenvalue weighted by molar-refractivity contribution is -0.174. The average Bonchev–Trinajstić information content (AvgIpc) is 3.19. The van der Waals surface area contributed by atoms with Crippen molar-refractivity contribution < 1.29 is 42.2 Å². The number of ether oxygens (including phenoxy) is 2. The molecule has 0 radical (unpaired) electrons. The predicted octanol–water partition coefficient (Wildman–Crippen LogP) is 3.79. The Morgan fingerprint density at radius 2 is 1.08 bits per heavy atom. The van der Waals surface area contributed by atoms with Crippen molar-refractivity contribution in [1.29, 1.82) is 0 Å². The summed E-state index contributed by atoms with van der Waals surface area (Å²) in [5.74, 6) is -2.19. The summed E-state index contributed by atoms with van der Waals surface area (Å²) in [5, 5.41) is 1.87. The summed E-state index contributed by atoms with van der Waals surface area (Å²) < 4.78 is 35.0. The summed E-state index contributed by atoms with van der Waals surface area (Å²) in [6.07, 6.45) is -0.352. The third-order valence-electron chi connectivity index (χ3n) is 10.6. The SMILES string of the molecule is NCC(=O)c1ccc(CN(C(=O)N2CC3(COC3)C2)c2ccccc2)nc1.O=C(CNC(=O)C(F)F)c1ccc(CN(C(=O)N2CC3(COC3)C2)c2ccccc2)nc1. The van der Waals surface area contributed by atoms with E-state index in [4.69, 9.17) is 15.2 Å². The van der Waals surface area contributed by atoms with Crippen LogP contribution in [0.3, 0.4) is 0 Å². The molecule has 0 unspecified atom stereocenters. The molecule has 59 heavy (non-hydrogen) atoms. The van der Waals surface area contributed by atoms with Gasteiger partial charge in [0.2, 0.25) is 0 Å². The van der Waals surface area contributed by atoms with Crippen LogP contribution in [0.15, 0.2) is 97.3 Å². The van der Waals surface area contributed by atoms with Crippen LogP contribution < -0.4 is 20.9 Å². The highest BCUT2D eigenvalue weighted by Gasteiger charge is 2.52. The smallest absolute Gasteiger partial charge is 0.324 e. The number of likely N-dealkylation sites (tertiary alicyclic amines) is 2. The van der Waals surface area contributed by atoms with E-state index in [0.717, 1.165) is 37.7 Å². The second-order valence-electron chi connectivity index (χ2n) is 15.3. The van der Waals surface area contributed by atoms with Crippen LogP contribution in [0.1, 0.15) is 32.1 Å². The molecular formula is C42H44F2N8O7. The minimum Gasteiger partial charge on any atom is -0.380 e. The van der Waals surface area contributed by atoms with Crippen LogP contribution >= 0.6 is 0 Å². The number of carbonyl (C=O) groups is 5. The first-order valence-electron chi connectivity index (χ1n) is 19.1. The van der Waals surface area contributed by atoms with Crippen LogP contribution in [0.4, 0.5) is 29.7 Å². The quantitative estimate of drug-likeness (QED) is 0.200. The standard InChI is InChI=1S/C22H22F2N4O4.C20H22N4O3/c23-19(24)20(30)26-9-18(29)15-6-7-16(25-8-15)10-28(17-4-2-1-3-5-17)21(31)27-11-22(12-27)13-32-14-22;21-8-18(25)15-6-7-16(22-9-15)10-24(17-4-2-1-3-5-17)19(26)23-11-20(12-23)13-27-14-20/h1-8,19H,9-14H2,(H,26,30);1-7,9H,8,10-14,21H2. The molecule has 4 aliphatic rings. The van der Waals surface area contributed by atoms with E-state index in [1.165, 1.54) is 18.5 Å². The molecule has 0 aliphatic carbocycles. The van der Waals surface area contributed by atoms with Gasteiger partial charge in [0.05, 0.1) is 74.8 Å². The van der Waals surface area contributed by atoms with E-state index < -0.39 is 24.7 Å². The summed E-state index contributed by atoms with van der Waals surface area (Å²) in [4.78, 5) is 76.5. The molecule has 2 aromatic carbocycles. The molecule has 2 aromatic heterocycles. The number of nitrogens with zero attached hydrogens (tertiary/aromatic N) is 6. The van der Waals surface area contributed by atoms with E-state index in [0.29, 0.717) is 49.8 Å². The van der Waals surface area contributed by atoms with Crippen molar-refractivity contribution in [2.45, 2.75) is 19.5 Å². The molecule has 2 spiro atoms. The Kier molecular flexibility index (Phi) is 12.3. The summed E-state index contributed by atoms with van der Waals surface area (Å²) in [7, 11) is 0. The number of hydrogen-bond donors (Lipinski definition) is 2. The van der Waals surface area contributed by atoms with E-state index in [1.807, 2.05) is 70.9 Å². The first kappa shape index (κ1) is 41.0. The molecular weight excluding hydrogens is 767 g/mol. The summed E-state index contributed by atoms with van der Waals surface area (Å²) in [5.41, 5.74) is 9.11. The fourth-order valence-electron chi connectivity index (χ4n) is 7.19. The van der Waals surface area contributed by atoms with Crippen LogP contribution in [0, 0.1) is 10.8 Å². The summed E-state index contributed by atoms with van der Waals surface area (Å²) >= 11 is 0. The van der Waals surface area contributed by atoms with Crippen molar-refractivity contribution in [3.63, 3.8) is 0 Å². The Morgan fingerprint density at radius 1 is 0.661 bits per heavy atom. The monoisotopic (exact) mass is 810 g/mol. The van der Waals surface area contributed by atoms with E-state index >= 15 is 0 Å². The fourth-order valence-corrected chi connectivity index (χ4v) is 7.19. The molecule has 4 aliphatic heterocycles. The number of benzene rings is 2. The number of nitrogens with two attached hydrogens (primary N) is 1. The van der Waals surface area contributed by atoms with Gasteiger partial charge in [-0.2, -0.15) is 8.78 Å². The number of halogens is 2. The molecule has 0 bridgehead atoms. The number of para-hydroxylation sites is 2. The highest BCUT2D eigenvalue weighted by molar-refractivity contribution is 5.99. The van der Waals surface area contributed by atoms with Gasteiger partial charge in [-0.3, -0.25) is 34.2 Å². The first-order chi connectivity index (χ1) is 28.5. The Balaban J connectivity index is 0.000000181. The number of rotatable bonds is 12. The largest absolute Gasteiger partial charge is 0.380 e. The zero-order valence-electron chi connectivity index (χ0n) is 32.2. The highest BCUT2D eigenvalue weighted by atomic mass is 19.3. The van der Waals surface area contributed by atoms with Gasteiger partial charge in [0.1, 0.15) is 0 Å². The molecule has 17 heteroatoms. The second kappa shape index (κ2) is 17.8. The van der Waals surface area contributed by atoms with Gasteiger partial charge in [-0.15, -0.1) is 0 Å². The topological polar surface area (TPSA) is 181 Å². The Hall–Kier alpha value is -6.17. The Bertz CT molecular complexity index is 2120. The van der Waals surface area contributed by atoms with Crippen LogP contribution in [0.5, 0.6) is 0 Å². The molecule has 4 saturated heterocycles. The number of urea groups is 2. The average molecular weight is 811 g/mol. The predicted molar refractivity (Wildman–Crippen MR) is 211 cm³/mol. The van der Waals surface area contributed by atoms with E-state index in [2.05, 4.69) is 9.97 Å². The molecule has 6 heterocycles. The van der Waals surface area contributed by atoms with Crippen molar-refractivity contribution in [2.75, 3.05) is 75.5 Å². The Morgan fingerprint density at radius 3 is 1.42 bits per heavy atom. The van der Waals surface area contributed by atoms with Crippen molar-refractivity contribution in [2.24, 2.45) is 16.6 Å². The van der Waals surface area contributed by atoms with Crippen LogP contribution in [0.2, 0.25) is 0 Å². The molecule has 15 nitrogen and oxygen atoms in total. The van der Waals surface area contributed by atoms with Crippen molar-refractivity contribution in [3.05, 3.63) is 120 Å². The number of anilines is 2. The highest BCUT2D eigenvalue weighted by Crippen LogP contribution is 2.39. The maximum absolute atomic E-state index is 13.2. The lowest BCUT2D eigenvalue weighted by atomic mass is 9.78. The second-order valence-corrected chi connectivity index (χ2v) is 15.3. The van der Waals surface area contributed by atoms with Gasteiger partial charge >= 0.3 is 18.5 Å². The van der Waals surface area contributed by atoms with Crippen molar-refractivity contribution in [3.8, 4) is 0 Å². The lowest BCUT2D eigenvalue weighted by Crippen LogP contribution is -2.68. The number of carbonyl (C=O) groups excluding carboxylic acids is 5. The molecule has 0 atom stereocenters. The summed E-state index contributed by atoms with van der Waals surface area (Å²) in [6, 6.07) is 25.2. The van der Waals surface area contributed by atoms with Gasteiger partial charge in [0.25, 0.3) is 5.91 Å². The zero-order chi connectivity index (χ0) is 41.6. The van der Waals surface area contributed by atoms with Crippen molar-refractivity contribution >= 4 is 40.9 Å². The molecule has 4 fully saturated rings. The molecule has 3 N–H and O–H groups in total. The minimum atomic E-state index is -3.18. The molecule has 5 amide bonds. The number of Topliss-reactive ketones (excluding diaryl/α,β-unsaturated/α-hetero) is 2. The maximum Gasteiger partial charge on any atom is 0.324 e. The molecule has 0 saturated carbocycles. The molecule has 4 aromatic rings. The number of amides is 5. The number of nitrogens with one attached hydrogen (secondary N) is 1. The normalized spacial score (nSPS) is 16.7. The van der Waals surface area contributed by atoms with Crippen LogP contribution in [-0.2, 0) is 27.4 Å². The van der Waals surface area contributed by atoms with E-state index in [9.17, 15) is 32.8 Å². The fraction of sp³-hybridized carbons (Fsp3) is 0.357. The summed E-state index contributed by atoms with van der Waals surface area (Å²) in [6.45, 7) is 5.53. The number of aromatic nitrogens is 2. The minimum absolute atomic E-state index is 0.0392. The van der Waals surface area contributed by atoms with Crippen molar-refractivity contribution in [1.82, 2.24) is 25.1 Å². The number of pyridine rings is 2. The van der Waals surface area contributed by atoms with E-state index in [1.54, 1.807) is 32.9 Å². The van der Waals surface area contributed by atoms with Gasteiger partial charge < -0.3 is 30.3 Å². The van der Waals surface area contributed by atoms with E-state index in [-0.39, 0.29) is 47.3 Å². The number of ketones is 2. The molecule has 308 valence electrons. The van der Waals surface area contributed by atoms with Gasteiger partial charge in [0, 0.05) is 61.1 Å². The van der Waals surface area contributed by atoms with Gasteiger partial charge in [-0.05, 0) is 48.5 Å². The molecule has 8 rings (SSSR count). The van der Waals surface area contributed by atoms with Crippen LogP contribution in [0.25, 0.3) is 0 Å². The number of alkyl halides is 2. The lowest BCUT2D eigenvalue weighted by Gasteiger charge is -2.55. The van der Waals surface area contributed by atoms with Gasteiger partial charge in [-0.1, -0.05) is 36.4 Å².